The highest BCUT2D eigenvalue weighted by atomic mass is 35.5. The van der Waals surface area contributed by atoms with Gasteiger partial charge < -0.3 is 14.1 Å². The number of rotatable bonds is 5. The monoisotopic (exact) mass is 493 g/mol. The number of para-hydroxylation sites is 1. The summed E-state index contributed by atoms with van der Waals surface area (Å²) in [6.45, 7) is 0.314. The lowest BCUT2D eigenvalue weighted by molar-refractivity contribution is 0.0714. The Labute approximate surface area is 212 Å². The maximum absolute atomic E-state index is 13.7. The lowest BCUT2D eigenvalue weighted by atomic mass is 9.98. The molecule has 0 saturated carbocycles. The van der Waals surface area contributed by atoms with Gasteiger partial charge in [-0.1, -0.05) is 72.3 Å². The van der Waals surface area contributed by atoms with E-state index in [1.54, 1.807) is 23.1 Å². The van der Waals surface area contributed by atoms with Gasteiger partial charge >= 0.3 is 0 Å². The van der Waals surface area contributed by atoms with Gasteiger partial charge in [0, 0.05) is 11.6 Å². The number of hydrogen-bond acceptors (Lipinski definition) is 4. The third kappa shape index (κ3) is 3.93. The minimum Gasteiger partial charge on any atom is -0.457 e. The fourth-order valence-electron chi connectivity index (χ4n) is 4.66. The molecule has 0 bridgehead atoms. The summed E-state index contributed by atoms with van der Waals surface area (Å²) < 4.78 is 12.1. The van der Waals surface area contributed by atoms with Crippen LogP contribution in [0.3, 0.4) is 0 Å². The molecule has 2 heterocycles. The first-order valence-corrected chi connectivity index (χ1v) is 11.9. The summed E-state index contributed by atoms with van der Waals surface area (Å²) in [5, 5.41) is 0.771. The summed E-state index contributed by atoms with van der Waals surface area (Å²) in [7, 11) is 0. The number of amides is 1. The summed E-state index contributed by atoms with van der Waals surface area (Å²) in [4.78, 5) is 29.1. The van der Waals surface area contributed by atoms with Crippen LogP contribution in [0.2, 0.25) is 5.02 Å². The molecule has 6 heteroatoms. The van der Waals surface area contributed by atoms with Crippen molar-refractivity contribution in [1.82, 2.24) is 4.90 Å². The number of carbonyl (C=O) groups is 1. The molecule has 1 amide bonds. The van der Waals surface area contributed by atoms with Gasteiger partial charge in [-0.05, 0) is 53.6 Å². The van der Waals surface area contributed by atoms with Crippen molar-refractivity contribution in [3.05, 3.63) is 141 Å². The number of ether oxygens (including phenoxy) is 1. The quantitative estimate of drug-likeness (QED) is 0.265. The molecule has 0 N–H and O–H groups in total. The van der Waals surface area contributed by atoms with Gasteiger partial charge in [0.05, 0.1) is 17.0 Å². The molecule has 6 rings (SSSR count). The van der Waals surface area contributed by atoms with Crippen molar-refractivity contribution in [2.24, 2.45) is 0 Å². The van der Waals surface area contributed by atoms with E-state index in [9.17, 15) is 9.59 Å². The second-order valence-electron chi connectivity index (χ2n) is 8.62. The van der Waals surface area contributed by atoms with E-state index >= 15 is 0 Å². The molecular formula is C30H20ClNO4. The zero-order valence-corrected chi connectivity index (χ0v) is 19.8. The number of nitrogens with zero attached hydrogens (tertiary/aromatic N) is 1. The molecule has 4 aromatic carbocycles. The first-order valence-electron chi connectivity index (χ1n) is 11.5. The van der Waals surface area contributed by atoms with Gasteiger partial charge in [0.2, 0.25) is 5.76 Å². The second kappa shape index (κ2) is 9.02. The molecule has 1 aliphatic rings. The van der Waals surface area contributed by atoms with Crippen LogP contribution in [-0.4, -0.2) is 10.8 Å². The molecular weight excluding hydrogens is 474 g/mol. The van der Waals surface area contributed by atoms with Crippen molar-refractivity contribution >= 4 is 28.5 Å². The predicted molar refractivity (Wildman–Crippen MR) is 139 cm³/mol. The maximum atomic E-state index is 13.7. The molecule has 36 heavy (non-hydrogen) atoms. The fourth-order valence-corrected chi connectivity index (χ4v) is 4.83. The predicted octanol–water partition coefficient (Wildman–Crippen LogP) is 6.98. The van der Waals surface area contributed by atoms with E-state index in [2.05, 4.69) is 0 Å². The minimum absolute atomic E-state index is 0.0603. The molecule has 0 fully saturated rings. The van der Waals surface area contributed by atoms with Gasteiger partial charge in [-0.3, -0.25) is 9.59 Å². The third-order valence-corrected chi connectivity index (χ3v) is 6.51. The normalized spacial score (nSPS) is 14.8. The van der Waals surface area contributed by atoms with E-state index in [1.165, 1.54) is 0 Å². The van der Waals surface area contributed by atoms with Crippen LogP contribution in [0.1, 0.15) is 33.3 Å². The maximum Gasteiger partial charge on any atom is 0.291 e. The smallest absolute Gasteiger partial charge is 0.291 e. The van der Waals surface area contributed by atoms with Gasteiger partial charge in [-0.15, -0.1) is 0 Å². The Balaban J connectivity index is 1.51. The first-order chi connectivity index (χ1) is 17.6. The molecule has 0 saturated heterocycles. The van der Waals surface area contributed by atoms with Crippen LogP contribution < -0.4 is 10.2 Å². The lowest BCUT2D eigenvalue weighted by Gasteiger charge is -2.25. The van der Waals surface area contributed by atoms with Crippen LogP contribution in [0.25, 0.3) is 11.0 Å². The molecule has 176 valence electrons. The van der Waals surface area contributed by atoms with Crippen LogP contribution in [0.15, 0.2) is 112 Å². The van der Waals surface area contributed by atoms with E-state index in [0.717, 1.165) is 11.1 Å². The van der Waals surface area contributed by atoms with E-state index in [-0.39, 0.29) is 17.1 Å². The fraction of sp³-hybridized carbons (Fsp3) is 0.0667. The van der Waals surface area contributed by atoms with Gasteiger partial charge in [0.25, 0.3) is 5.91 Å². The topological polar surface area (TPSA) is 59.8 Å². The highest BCUT2D eigenvalue weighted by molar-refractivity contribution is 6.31. The van der Waals surface area contributed by atoms with Crippen LogP contribution in [0.5, 0.6) is 11.5 Å². The van der Waals surface area contributed by atoms with Crippen LogP contribution in [-0.2, 0) is 6.54 Å². The van der Waals surface area contributed by atoms with E-state index in [1.807, 2.05) is 84.9 Å². The van der Waals surface area contributed by atoms with Gasteiger partial charge in [-0.2, -0.15) is 0 Å². The summed E-state index contributed by atoms with van der Waals surface area (Å²) in [6.07, 6.45) is 0. The standard InChI is InChI=1S/C30H20ClNO4/c31-21-14-15-25-24(17-21)28(33)26-27(20-10-7-13-23(16-20)35-22-11-5-2-6-12-22)32(30(34)29(26)36-25)18-19-8-3-1-4-9-19/h1-17,27H,18H2. The first kappa shape index (κ1) is 22.1. The Morgan fingerprint density at radius 2 is 1.53 bits per heavy atom. The van der Waals surface area contributed by atoms with Crippen LogP contribution in [0, 0.1) is 0 Å². The summed E-state index contributed by atoms with van der Waals surface area (Å²) in [5.74, 6) is 1.03. The van der Waals surface area contributed by atoms with Crippen molar-refractivity contribution in [3.63, 3.8) is 0 Å². The Morgan fingerprint density at radius 1 is 0.806 bits per heavy atom. The van der Waals surface area contributed by atoms with Crippen molar-refractivity contribution < 1.29 is 13.9 Å². The molecule has 1 aromatic heterocycles. The highest BCUT2D eigenvalue weighted by Gasteiger charge is 2.42. The number of fused-ring (bicyclic) bond motifs is 2. The summed E-state index contributed by atoms with van der Waals surface area (Å²) in [5.41, 5.74) is 2.07. The van der Waals surface area contributed by atoms with Crippen LogP contribution >= 0.6 is 11.6 Å². The molecule has 1 aliphatic heterocycles. The molecule has 1 atom stereocenters. The summed E-state index contributed by atoms with van der Waals surface area (Å²) >= 11 is 6.18. The van der Waals surface area contributed by atoms with E-state index < -0.39 is 6.04 Å². The van der Waals surface area contributed by atoms with Gasteiger partial charge in [-0.25, -0.2) is 0 Å². The molecule has 0 radical (unpaired) electrons. The molecule has 0 aliphatic carbocycles. The van der Waals surface area contributed by atoms with Crippen molar-refractivity contribution in [2.45, 2.75) is 12.6 Å². The van der Waals surface area contributed by atoms with Crippen LogP contribution in [0.4, 0.5) is 0 Å². The van der Waals surface area contributed by atoms with E-state index in [0.29, 0.717) is 39.6 Å². The Bertz CT molecular complexity index is 1650. The Kier molecular flexibility index (Phi) is 5.55. The Morgan fingerprint density at radius 3 is 2.31 bits per heavy atom. The summed E-state index contributed by atoms with van der Waals surface area (Å²) in [6, 6.07) is 30.8. The molecule has 0 spiro atoms. The number of halogens is 1. The van der Waals surface area contributed by atoms with Crippen molar-refractivity contribution in [2.75, 3.05) is 0 Å². The van der Waals surface area contributed by atoms with E-state index in [4.69, 9.17) is 20.8 Å². The van der Waals surface area contributed by atoms with Gasteiger partial charge in [0.15, 0.2) is 5.43 Å². The minimum atomic E-state index is -0.647. The van der Waals surface area contributed by atoms with Crippen molar-refractivity contribution in [1.29, 1.82) is 0 Å². The van der Waals surface area contributed by atoms with Gasteiger partial charge in [0.1, 0.15) is 17.1 Å². The van der Waals surface area contributed by atoms with Crippen molar-refractivity contribution in [3.8, 4) is 11.5 Å². The zero-order valence-electron chi connectivity index (χ0n) is 19.1. The number of hydrogen-bond donors (Lipinski definition) is 0. The average molecular weight is 494 g/mol. The number of benzene rings is 4. The average Bonchev–Trinajstić information content (AvgIpc) is 3.17. The molecule has 5 aromatic rings. The zero-order chi connectivity index (χ0) is 24.6. The molecule has 5 nitrogen and oxygen atoms in total. The molecule has 1 unspecified atom stereocenters. The number of carbonyl (C=O) groups excluding carboxylic acids is 1. The lowest BCUT2D eigenvalue weighted by Crippen LogP contribution is -2.29. The third-order valence-electron chi connectivity index (χ3n) is 6.28. The largest absolute Gasteiger partial charge is 0.457 e. The SMILES string of the molecule is O=C1c2oc3ccc(Cl)cc3c(=O)c2C(c2cccc(Oc3ccccc3)c2)N1Cc1ccccc1. The second-order valence-corrected chi connectivity index (χ2v) is 9.06. The Hall–Kier alpha value is -4.35. The highest BCUT2D eigenvalue weighted by Crippen LogP contribution is 2.40.